The number of hydrazine groups is 1. The third-order valence-electron chi connectivity index (χ3n) is 12.2. The van der Waals surface area contributed by atoms with Crippen LogP contribution < -0.4 is 21.5 Å². The lowest BCUT2D eigenvalue weighted by Crippen LogP contribution is -2.59. The van der Waals surface area contributed by atoms with Gasteiger partial charge in [0.2, 0.25) is 17.7 Å². The minimum Gasteiger partial charge on any atom is -0.508 e. The molecule has 5 amide bonds. The van der Waals surface area contributed by atoms with Crippen molar-refractivity contribution in [1.82, 2.24) is 41.3 Å². The lowest BCUT2D eigenvalue weighted by molar-refractivity contribution is -0.388. The zero-order valence-corrected chi connectivity index (χ0v) is 44.9. The van der Waals surface area contributed by atoms with Crippen molar-refractivity contribution in [2.75, 3.05) is 39.3 Å². The summed E-state index contributed by atoms with van der Waals surface area (Å²) in [4.78, 5) is 104. The summed E-state index contributed by atoms with van der Waals surface area (Å²) in [5, 5.41) is 29.2. The average molecular weight is 1070 g/mol. The first-order chi connectivity index (χ1) is 34.8. The van der Waals surface area contributed by atoms with Crippen molar-refractivity contribution in [3.63, 3.8) is 0 Å². The number of nitro groups is 1. The van der Waals surface area contributed by atoms with Gasteiger partial charge in [0, 0.05) is 54.7 Å². The van der Waals surface area contributed by atoms with Crippen LogP contribution in [0.25, 0.3) is 0 Å². The van der Waals surface area contributed by atoms with Crippen LogP contribution in [0.2, 0.25) is 0 Å². The van der Waals surface area contributed by atoms with Crippen molar-refractivity contribution < 1.29 is 53.0 Å². The van der Waals surface area contributed by atoms with Crippen LogP contribution >= 0.6 is 32.9 Å². The number of piperidine rings is 1. The summed E-state index contributed by atoms with van der Waals surface area (Å²) in [5.74, 6) is -3.22. The highest BCUT2D eigenvalue weighted by Crippen LogP contribution is 2.35. The number of rotatable bonds is 28. The van der Waals surface area contributed by atoms with Crippen LogP contribution in [0, 0.1) is 27.9 Å². The van der Waals surface area contributed by atoms with Gasteiger partial charge in [-0.15, -0.1) is 17.9 Å². The smallest absolute Gasteiger partial charge is 0.426 e. The van der Waals surface area contributed by atoms with Gasteiger partial charge in [0.1, 0.15) is 35.8 Å². The van der Waals surface area contributed by atoms with Crippen molar-refractivity contribution in [2.24, 2.45) is 17.8 Å². The second-order valence-electron chi connectivity index (χ2n) is 18.1. The molecule has 0 unspecified atom stereocenters. The van der Waals surface area contributed by atoms with E-state index in [-0.39, 0.29) is 96.8 Å². The molecule has 0 spiro atoms. The summed E-state index contributed by atoms with van der Waals surface area (Å²) >= 11 is 1.10. The molecule has 2 aromatic heterocycles. The van der Waals surface area contributed by atoms with Gasteiger partial charge >= 0.3 is 17.7 Å². The molecule has 7 atom stereocenters. The van der Waals surface area contributed by atoms with Crippen molar-refractivity contribution in [1.29, 1.82) is 0 Å². The maximum Gasteiger partial charge on any atom is 0.426 e. The summed E-state index contributed by atoms with van der Waals surface area (Å²) < 4.78 is 16.9. The number of nitrogens with zero attached hydrogens (tertiary/aromatic N) is 5. The molecule has 0 bridgehead atoms. The molecule has 1 aliphatic rings. The number of aromatic nitrogens is 2. The quantitative estimate of drug-likeness (QED) is 0.00958. The Bertz CT molecular complexity index is 2320. The van der Waals surface area contributed by atoms with Gasteiger partial charge in [-0.1, -0.05) is 76.5 Å². The van der Waals surface area contributed by atoms with Gasteiger partial charge in [0.15, 0.2) is 11.1 Å². The molecular formula is C49H69N9O12S3. The molecule has 0 saturated carbocycles. The van der Waals surface area contributed by atoms with Gasteiger partial charge in [0.05, 0.1) is 17.6 Å². The van der Waals surface area contributed by atoms with Gasteiger partial charge in [-0.25, -0.2) is 20.2 Å². The summed E-state index contributed by atoms with van der Waals surface area (Å²) in [7, 11) is 4.17. The Kier molecular flexibility index (Phi) is 24.9. The van der Waals surface area contributed by atoms with E-state index in [2.05, 4.69) is 38.0 Å². The molecule has 400 valence electrons. The number of likely N-dealkylation sites (tertiary alicyclic amines) is 1. The van der Waals surface area contributed by atoms with Crippen molar-refractivity contribution in [3.05, 3.63) is 87.0 Å². The highest BCUT2D eigenvalue weighted by Gasteiger charge is 2.39. The van der Waals surface area contributed by atoms with Crippen LogP contribution in [0.15, 0.2) is 65.7 Å². The fourth-order valence-electron chi connectivity index (χ4n) is 8.02. The first kappa shape index (κ1) is 59.7. The van der Waals surface area contributed by atoms with Crippen molar-refractivity contribution in [3.8, 4) is 5.75 Å². The molecule has 21 nitrogen and oxygen atoms in total. The van der Waals surface area contributed by atoms with Gasteiger partial charge in [-0.3, -0.25) is 44.4 Å². The number of phenolic OH excluding ortho intramolecular Hbond substituents is 1. The van der Waals surface area contributed by atoms with Gasteiger partial charge in [0.25, 0.3) is 5.91 Å². The Labute approximate surface area is 438 Å². The number of hydrogen-bond donors (Lipinski definition) is 5. The fourth-order valence-corrected chi connectivity index (χ4v) is 10.7. The lowest BCUT2D eigenvalue weighted by Gasteiger charge is -2.39. The second-order valence-corrected chi connectivity index (χ2v) is 21.4. The van der Waals surface area contributed by atoms with E-state index in [9.17, 15) is 44.0 Å². The van der Waals surface area contributed by atoms with Gasteiger partial charge < -0.3 is 34.9 Å². The summed E-state index contributed by atoms with van der Waals surface area (Å²) in [6.45, 7) is 15.1. The first-order valence-corrected chi connectivity index (χ1v) is 27.4. The number of nitrogens with one attached hydrogen (secondary N) is 4. The first-order valence-electron chi connectivity index (χ1n) is 24.2. The molecule has 1 saturated heterocycles. The van der Waals surface area contributed by atoms with Crippen LogP contribution in [0.3, 0.4) is 0 Å². The molecule has 1 fully saturated rings. The zero-order chi connectivity index (χ0) is 53.6. The number of esters is 1. The zero-order valence-electron chi connectivity index (χ0n) is 42.4. The Balaban J connectivity index is 1.47. The molecule has 0 aliphatic carbocycles. The number of carbonyl (C=O) groups excluding carboxylic acids is 6. The Morgan fingerprint density at radius 3 is 2.47 bits per heavy atom. The number of aromatic hydroxyl groups is 1. The molecule has 3 heterocycles. The molecule has 5 N–H and O–H groups in total. The maximum absolute atomic E-state index is 14.8. The monoisotopic (exact) mass is 1070 g/mol. The number of carbonyl (C=O) groups is 6. The molecule has 1 aromatic carbocycles. The normalized spacial score (nSPS) is 16.1. The molecular weight excluding hydrogens is 1000 g/mol. The fraction of sp³-hybridized carbons (Fsp3) is 0.551. The Morgan fingerprint density at radius 1 is 1.07 bits per heavy atom. The topological polar surface area (TPSA) is 274 Å². The average Bonchev–Trinajstić information content (AvgIpc) is 3.86. The third-order valence-corrected chi connectivity index (χ3v) is 15.4. The molecule has 3 aromatic rings. The summed E-state index contributed by atoms with van der Waals surface area (Å²) in [6, 6.07) is 6.68. The van der Waals surface area contributed by atoms with Crippen LogP contribution in [0.4, 0.5) is 10.5 Å². The van der Waals surface area contributed by atoms with Gasteiger partial charge in [-0.05, 0) is 85.7 Å². The largest absolute Gasteiger partial charge is 0.508 e. The van der Waals surface area contributed by atoms with E-state index in [4.69, 9.17) is 14.2 Å². The van der Waals surface area contributed by atoms with Crippen molar-refractivity contribution >= 4 is 74.3 Å². The van der Waals surface area contributed by atoms with E-state index < -0.39 is 58.9 Å². The predicted molar refractivity (Wildman–Crippen MR) is 278 cm³/mol. The van der Waals surface area contributed by atoms with Gasteiger partial charge in [-0.2, -0.15) is 0 Å². The standard InChI is InChI=1S/C49H69N9O12S3/c1-9-22-68-29-57(48(64)42(31(5)10-2)53-45(63)38-14-11-12-21-56(38)8)40(30(3)4)27-41(70-33(7)59)47-52-37(28-71-47)44(62)51-35(26-34-16-18-36(60)19-17-34)25-32(6)43(61)54-55-49(65)69-23-24-72-73-46-39(58(66)67)15-13-20-50-46/h9,13,15-20,28,30-32,35,38,40-42,60H,1,10-12,14,21-27,29H2,2-8H3,(H,51,62)(H,53,63)(H,54,61)(H,55,65)/t31-,32-,35+,38+,40+,41+,42-/m0/s1. The summed E-state index contributed by atoms with van der Waals surface area (Å²) in [6.07, 6.45) is 4.69. The third kappa shape index (κ3) is 19.2. The van der Waals surface area contributed by atoms with Crippen LogP contribution in [-0.4, -0.2) is 129 Å². The predicted octanol–water partition coefficient (Wildman–Crippen LogP) is 6.74. The van der Waals surface area contributed by atoms with E-state index in [0.29, 0.717) is 17.8 Å². The minimum absolute atomic E-state index is 0.0137. The lowest BCUT2D eigenvalue weighted by atomic mass is 9.92. The van der Waals surface area contributed by atoms with Crippen molar-refractivity contribution in [2.45, 2.75) is 122 Å². The SMILES string of the molecule is C=CCOCN(C(=O)[C@@H](NC(=O)[C@H]1CCCCN1C)[C@@H](C)CC)[C@H](C[C@@H](OC(C)=O)c1nc(C(=O)N[C@@H](Cc2ccc(O)cc2)C[C@H](C)C(=O)NNC(=O)OCCSSc2ncccc2[N+](=O)[O-])cs1)C(C)C. The van der Waals surface area contributed by atoms with E-state index in [1.807, 2.05) is 39.6 Å². The minimum atomic E-state index is -0.998. The molecule has 1 aliphatic heterocycles. The Morgan fingerprint density at radius 2 is 1.81 bits per heavy atom. The molecule has 0 radical (unpaired) electrons. The van der Waals surface area contributed by atoms with E-state index >= 15 is 0 Å². The Hall–Kier alpha value is -5.82. The number of benzene rings is 1. The number of hydrogen-bond acceptors (Lipinski definition) is 18. The molecule has 24 heteroatoms. The number of likely N-dealkylation sites (N-methyl/N-ethyl adjacent to an activating group) is 1. The highest BCUT2D eigenvalue weighted by molar-refractivity contribution is 8.76. The second kappa shape index (κ2) is 30.4. The number of amides is 5. The summed E-state index contributed by atoms with van der Waals surface area (Å²) in [5.41, 5.74) is 5.16. The number of pyridine rings is 1. The highest BCUT2D eigenvalue weighted by atomic mass is 33.1. The molecule has 73 heavy (non-hydrogen) atoms. The van der Waals surface area contributed by atoms with E-state index in [0.717, 1.165) is 47.1 Å². The number of phenols is 1. The molecule has 4 rings (SSSR count). The van der Waals surface area contributed by atoms with E-state index in [1.165, 1.54) is 53.6 Å². The van der Waals surface area contributed by atoms with Crippen LogP contribution in [0.5, 0.6) is 5.75 Å². The van der Waals surface area contributed by atoms with Crippen LogP contribution in [0.1, 0.15) is 107 Å². The number of ether oxygens (including phenoxy) is 3. The number of thiazole rings is 1. The maximum atomic E-state index is 14.8. The van der Waals surface area contributed by atoms with E-state index in [1.54, 1.807) is 30.0 Å². The van der Waals surface area contributed by atoms with Crippen LogP contribution in [-0.2, 0) is 39.8 Å².